The topological polar surface area (TPSA) is 26.0 Å². The summed E-state index contributed by atoms with van der Waals surface area (Å²) in [6.07, 6.45) is 0. The number of hydrogen-bond donors (Lipinski definition) is 1. The SMILES string of the molecule is Cc1ccccc1CN.[H-].[H-].[Mg+2]. The predicted molar refractivity (Wildman–Crippen MR) is 47.0 cm³/mol. The van der Waals surface area contributed by atoms with E-state index in [1.54, 1.807) is 0 Å². The van der Waals surface area contributed by atoms with Crippen molar-refractivity contribution in [3.05, 3.63) is 35.4 Å². The van der Waals surface area contributed by atoms with Gasteiger partial charge in [0.25, 0.3) is 0 Å². The summed E-state index contributed by atoms with van der Waals surface area (Å²) < 4.78 is 0. The Balaban J connectivity index is -0.000000270. The van der Waals surface area contributed by atoms with E-state index in [9.17, 15) is 0 Å². The summed E-state index contributed by atoms with van der Waals surface area (Å²) in [5.41, 5.74) is 7.96. The van der Waals surface area contributed by atoms with Crippen LogP contribution in [0.25, 0.3) is 0 Å². The van der Waals surface area contributed by atoms with Crippen LogP contribution in [0.2, 0.25) is 0 Å². The zero-order valence-electron chi connectivity index (χ0n) is 8.30. The van der Waals surface area contributed by atoms with E-state index in [4.69, 9.17) is 5.73 Å². The Bertz CT molecular complexity index is 206. The zero-order valence-corrected chi connectivity index (χ0v) is 7.72. The molecular formula is C8H13MgN. The Kier molecular flexibility index (Phi) is 4.69. The summed E-state index contributed by atoms with van der Waals surface area (Å²) in [5, 5.41) is 0. The van der Waals surface area contributed by atoms with Crippen LogP contribution in [0.3, 0.4) is 0 Å². The third-order valence-electron chi connectivity index (χ3n) is 1.48. The fourth-order valence-corrected chi connectivity index (χ4v) is 0.839. The summed E-state index contributed by atoms with van der Waals surface area (Å²) >= 11 is 0. The molecule has 0 unspecified atom stereocenters. The van der Waals surface area contributed by atoms with Crippen LogP contribution in [-0.2, 0) is 6.54 Å². The molecule has 0 saturated carbocycles. The van der Waals surface area contributed by atoms with Crippen molar-refractivity contribution in [1.29, 1.82) is 0 Å². The molecule has 2 N–H and O–H groups in total. The van der Waals surface area contributed by atoms with Crippen LogP contribution in [0.5, 0.6) is 0 Å². The number of benzene rings is 1. The monoisotopic (exact) mass is 147 g/mol. The average molecular weight is 148 g/mol. The van der Waals surface area contributed by atoms with E-state index in [1.165, 1.54) is 11.1 Å². The standard InChI is InChI=1S/C8H11N.Mg.2H/c1-7-4-2-3-5-8(7)6-9;;;/h2-5H,6,9H2,1H3;;;/q;+2;2*-1. The van der Waals surface area contributed by atoms with Gasteiger partial charge in [0, 0.05) is 6.54 Å². The Hall–Kier alpha value is -0.0538. The van der Waals surface area contributed by atoms with Crippen molar-refractivity contribution >= 4 is 23.1 Å². The summed E-state index contributed by atoms with van der Waals surface area (Å²) in [7, 11) is 0. The fraction of sp³-hybridized carbons (Fsp3) is 0.250. The van der Waals surface area contributed by atoms with Crippen molar-refractivity contribution in [3.8, 4) is 0 Å². The van der Waals surface area contributed by atoms with Gasteiger partial charge >= 0.3 is 23.1 Å². The summed E-state index contributed by atoms with van der Waals surface area (Å²) in [6.45, 7) is 2.72. The minimum absolute atomic E-state index is 0. The van der Waals surface area contributed by atoms with Gasteiger partial charge in [0.15, 0.2) is 0 Å². The molecule has 0 atom stereocenters. The van der Waals surface area contributed by atoms with Crippen molar-refractivity contribution < 1.29 is 2.85 Å². The Morgan fingerprint density at radius 2 is 2.00 bits per heavy atom. The van der Waals surface area contributed by atoms with Gasteiger partial charge in [0.1, 0.15) is 0 Å². The smallest absolute Gasteiger partial charge is 1.00 e. The van der Waals surface area contributed by atoms with Gasteiger partial charge in [0.2, 0.25) is 0 Å². The maximum atomic E-state index is 5.45. The number of hydrogen-bond acceptors (Lipinski definition) is 1. The largest absolute Gasteiger partial charge is 2.00 e. The molecular weight excluding hydrogens is 134 g/mol. The van der Waals surface area contributed by atoms with Gasteiger partial charge in [-0.1, -0.05) is 24.3 Å². The third-order valence-corrected chi connectivity index (χ3v) is 1.48. The van der Waals surface area contributed by atoms with Crippen LogP contribution >= 0.6 is 0 Å². The van der Waals surface area contributed by atoms with Crippen LogP contribution in [0.15, 0.2) is 24.3 Å². The summed E-state index contributed by atoms with van der Waals surface area (Å²) in [4.78, 5) is 0. The minimum Gasteiger partial charge on any atom is -1.00 e. The van der Waals surface area contributed by atoms with E-state index in [0.717, 1.165) is 0 Å². The Morgan fingerprint density at radius 3 is 2.40 bits per heavy atom. The second-order valence-electron chi connectivity index (χ2n) is 2.13. The van der Waals surface area contributed by atoms with Crippen molar-refractivity contribution in [1.82, 2.24) is 0 Å². The molecule has 1 rings (SSSR count). The number of nitrogens with two attached hydrogens (primary N) is 1. The molecule has 0 amide bonds. The number of rotatable bonds is 1. The molecule has 0 aromatic heterocycles. The summed E-state index contributed by atoms with van der Waals surface area (Å²) in [5.74, 6) is 0. The van der Waals surface area contributed by atoms with Crippen molar-refractivity contribution in [3.63, 3.8) is 0 Å². The second-order valence-corrected chi connectivity index (χ2v) is 2.13. The molecule has 1 aromatic carbocycles. The van der Waals surface area contributed by atoms with Crippen LogP contribution in [0.4, 0.5) is 0 Å². The first-order valence-electron chi connectivity index (χ1n) is 3.09. The molecule has 2 heteroatoms. The van der Waals surface area contributed by atoms with Gasteiger partial charge in [0.05, 0.1) is 0 Å². The fourth-order valence-electron chi connectivity index (χ4n) is 0.839. The van der Waals surface area contributed by atoms with Crippen molar-refractivity contribution in [2.45, 2.75) is 13.5 Å². The van der Waals surface area contributed by atoms with Crippen LogP contribution in [0.1, 0.15) is 14.0 Å². The van der Waals surface area contributed by atoms with Gasteiger partial charge in [-0.05, 0) is 18.1 Å². The van der Waals surface area contributed by atoms with E-state index >= 15 is 0 Å². The zero-order chi connectivity index (χ0) is 6.69. The Labute approximate surface area is 80.7 Å². The molecule has 0 bridgehead atoms. The van der Waals surface area contributed by atoms with Crippen molar-refractivity contribution in [2.75, 3.05) is 0 Å². The van der Waals surface area contributed by atoms with Gasteiger partial charge in [-0.15, -0.1) is 0 Å². The van der Waals surface area contributed by atoms with E-state index in [2.05, 4.69) is 19.1 Å². The summed E-state index contributed by atoms with van der Waals surface area (Å²) in [6, 6.07) is 8.15. The van der Waals surface area contributed by atoms with E-state index in [-0.39, 0.29) is 25.9 Å². The molecule has 52 valence electrons. The molecule has 0 saturated heterocycles. The van der Waals surface area contributed by atoms with E-state index in [1.807, 2.05) is 12.1 Å². The molecule has 0 fully saturated rings. The first kappa shape index (κ1) is 9.95. The molecule has 0 aliphatic carbocycles. The maximum absolute atomic E-state index is 5.45. The molecule has 0 radical (unpaired) electrons. The molecule has 0 heterocycles. The number of aryl methyl sites for hydroxylation is 1. The second kappa shape index (κ2) is 4.71. The molecule has 1 aromatic rings. The average Bonchev–Trinajstić information content (AvgIpc) is 1.89. The van der Waals surface area contributed by atoms with Gasteiger partial charge in [-0.25, -0.2) is 0 Å². The van der Waals surface area contributed by atoms with Crippen molar-refractivity contribution in [2.24, 2.45) is 5.73 Å². The first-order valence-corrected chi connectivity index (χ1v) is 3.09. The van der Waals surface area contributed by atoms with Gasteiger partial charge < -0.3 is 8.59 Å². The normalized spacial score (nSPS) is 8.60. The van der Waals surface area contributed by atoms with Gasteiger partial charge in [-0.3, -0.25) is 0 Å². The van der Waals surface area contributed by atoms with E-state index < -0.39 is 0 Å². The third kappa shape index (κ3) is 2.29. The first-order chi connectivity index (χ1) is 4.34. The predicted octanol–water partition coefficient (Wildman–Crippen LogP) is 1.30. The molecule has 10 heavy (non-hydrogen) atoms. The minimum atomic E-state index is 0. The van der Waals surface area contributed by atoms with Crippen LogP contribution in [0, 0.1) is 6.92 Å². The maximum Gasteiger partial charge on any atom is 2.00 e. The quantitative estimate of drug-likeness (QED) is 0.596. The van der Waals surface area contributed by atoms with Gasteiger partial charge in [-0.2, -0.15) is 0 Å². The molecule has 0 aliphatic rings. The molecule has 0 spiro atoms. The molecule has 1 nitrogen and oxygen atoms in total. The molecule has 0 aliphatic heterocycles. The van der Waals surface area contributed by atoms with Crippen LogP contribution in [-0.4, -0.2) is 23.1 Å². The Morgan fingerprint density at radius 1 is 1.40 bits per heavy atom. The van der Waals surface area contributed by atoms with Crippen LogP contribution < -0.4 is 5.73 Å². The van der Waals surface area contributed by atoms with E-state index in [0.29, 0.717) is 6.54 Å².